The molecule has 0 aliphatic heterocycles. The van der Waals surface area contributed by atoms with Crippen molar-refractivity contribution in [2.45, 2.75) is 6.42 Å². The maximum atomic E-state index is 10.6. The Bertz CT molecular complexity index is 147. The Kier molecular flexibility index (Phi) is 6.32. The van der Waals surface area contributed by atoms with Crippen molar-refractivity contribution in [1.29, 1.82) is 0 Å². The number of carbonyl (C=O) groups excluding carboxylic acids is 1. The second kappa shape index (κ2) is 6.82. The zero-order chi connectivity index (χ0) is 9.40. The van der Waals surface area contributed by atoms with E-state index in [4.69, 9.17) is 15.6 Å². The van der Waals surface area contributed by atoms with Crippen LogP contribution in [-0.2, 0) is 9.53 Å². The third-order valence-electron chi connectivity index (χ3n) is 1.46. The fourth-order valence-electron chi connectivity index (χ4n) is 0.722. The number of hydrogen-bond acceptors (Lipinski definition) is 4. The molecule has 0 fully saturated rings. The number of aliphatic hydroxyl groups is 1. The lowest BCUT2D eigenvalue weighted by atomic mass is 10.1. The van der Waals surface area contributed by atoms with E-state index in [2.05, 4.69) is 6.58 Å². The molecule has 12 heavy (non-hydrogen) atoms. The maximum Gasteiger partial charge on any atom is 0.330 e. The Balaban J connectivity index is 3.56. The minimum Gasteiger partial charge on any atom is -0.462 e. The lowest BCUT2D eigenvalue weighted by molar-refractivity contribution is -0.139. The number of aliphatic hydroxyl groups excluding tert-OH is 1. The Morgan fingerprint density at radius 3 is 2.83 bits per heavy atom. The van der Waals surface area contributed by atoms with Crippen molar-refractivity contribution in [3.63, 3.8) is 0 Å². The fraction of sp³-hybridized carbons (Fsp3) is 0.625. The predicted molar refractivity (Wildman–Crippen MR) is 45.4 cm³/mol. The van der Waals surface area contributed by atoms with Crippen LogP contribution >= 0.6 is 0 Å². The van der Waals surface area contributed by atoms with E-state index in [9.17, 15) is 4.79 Å². The average Bonchev–Trinajstić information content (AvgIpc) is 2.11. The highest BCUT2D eigenvalue weighted by Crippen LogP contribution is 2.01. The number of carbonyl (C=O) groups is 1. The van der Waals surface area contributed by atoms with E-state index in [1.54, 1.807) is 0 Å². The van der Waals surface area contributed by atoms with Crippen LogP contribution in [0.25, 0.3) is 0 Å². The van der Waals surface area contributed by atoms with Gasteiger partial charge in [-0.25, -0.2) is 4.79 Å². The summed E-state index contributed by atoms with van der Waals surface area (Å²) in [6.07, 6.45) is 1.75. The molecule has 4 nitrogen and oxygen atoms in total. The molecule has 3 N–H and O–H groups in total. The van der Waals surface area contributed by atoms with E-state index in [0.29, 0.717) is 13.0 Å². The molecular weight excluding hydrogens is 158 g/mol. The SMILES string of the molecule is C=CC(=O)OCC(CO)CCN. The van der Waals surface area contributed by atoms with Crippen molar-refractivity contribution >= 4 is 5.97 Å². The second-order valence-electron chi connectivity index (χ2n) is 2.46. The van der Waals surface area contributed by atoms with Crippen molar-refractivity contribution in [1.82, 2.24) is 0 Å². The molecule has 0 rings (SSSR count). The van der Waals surface area contributed by atoms with Gasteiger partial charge >= 0.3 is 5.97 Å². The first-order valence-electron chi connectivity index (χ1n) is 3.84. The van der Waals surface area contributed by atoms with Gasteiger partial charge in [-0.1, -0.05) is 6.58 Å². The molecule has 0 saturated heterocycles. The molecular formula is C8H15NO3. The normalized spacial score (nSPS) is 12.2. The molecule has 1 unspecified atom stereocenters. The highest BCUT2D eigenvalue weighted by molar-refractivity contribution is 5.81. The van der Waals surface area contributed by atoms with Crippen LogP contribution in [0.3, 0.4) is 0 Å². The molecule has 0 spiro atoms. The molecule has 0 aromatic heterocycles. The summed E-state index contributed by atoms with van der Waals surface area (Å²) in [6, 6.07) is 0. The molecule has 0 aliphatic rings. The highest BCUT2D eigenvalue weighted by atomic mass is 16.5. The van der Waals surface area contributed by atoms with Crippen LogP contribution in [0, 0.1) is 5.92 Å². The fourth-order valence-corrected chi connectivity index (χ4v) is 0.722. The minimum atomic E-state index is -0.467. The first-order valence-corrected chi connectivity index (χ1v) is 3.84. The molecule has 0 heterocycles. The van der Waals surface area contributed by atoms with E-state index in [-0.39, 0.29) is 19.1 Å². The summed E-state index contributed by atoms with van der Waals surface area (Å²) in [5.74, 6) is -0.524. The topological polar surface area (TPSA) is 72.5 Å². The molecule has 0 aliphatic carbocycles. The number of hydrogen-bond donors (Lipinski definition) is 2. The van der Waals surface area contributed by atoms with E-state index in [0.717, 1.165) is 6.08 Å². The van der Waals surface area contributed by atoms with Gasteiger partial charge < -0.3 is 15.6 Å². The average molecular weight is 173 g/mol. The van der Waals surface area contributed by atoms with Crippen molar-refractivity contribution < 1.29 is 14.6 Å². The molecule has 0 aromatic carbocycles. The summed E-state index contributed by atoms with van der Waals surface area (Å²) in [7, 11) is 0. The van der Waals surface area contributed by atoms with Gasteiger partial charge in [0.05, 0.1) is 6.61 Å². The van der Waals surface area contributed by atoms with E-state index < -0.39 is 5.97 Å². The van der Waals surface area contributed by atoms with Gasteiger partial charge in [-0.2, -0.15) is 0 Å². The summed E-state index contributed by atoms with van der Waals surface area (Å²) in [4.78, 5) is 10.6. The van der Waals surface area contributed by atoms with Crippen LogP contribution < -0.4 is 5.73 Å². The van der Waals surface area contributed by atoms with Crippen molar-refractivity contribution in [2.24, 2.45) is 11.7 Å². The van der Waals surface area contributed by atoms with Gasteiger partial charge in [-0.15, -0.1) is 0 Å². The third kappa shape index (κ3) is 4.87. The number of nitrogens with two attached hydrogens (primary N) is 1. The Morgan fingerprint density at radius 1 is 1.75 bits per heavy atom. The number of esters is 1. The Morgan fingerprint density at radius 2 is 2.42 bits per heavy atom. The maximum absolute atomic E-state index is 10.6. The van der Waals surface area contributed by atoms with Crippen LogP contribution in [0.15, 0.2) is 12.7 Å². The number of ether oxygens (including phenoxy) is 1. The molecule has 0 radical (unpaired) electrons. The summed E-state index contributed by atoms with van der Waals surface area (Å²) in [5.41, 5.74) is 5.27. The third-order valence-corrected chi connectivity index (χ3v) is 1.46. The molecule has 0 amide bonds. The molecule has 0 aromatic rings. The Hall–Kier alpha value is -0.870. The summed E-state index contributed by atoms with van der Waals surface area (Å²) >= 11 is 0. The van der Waals surface area contributed by atoms with Crippen LogP contribution in [0.2, 0.25) is 0 Å². The molecule has 1 atom stereocenters. The zero-order valence-electron chi connectivity index (χ0n) is 7.03. The Labute approximate surface area is 72.0 Å². The van der Waals surface area contributed by atoms with E-state index in [1.165, 1.54) is 0 Å². The van der Waals surface area contributed by atoms with Gasteiger partial charge in [0, 0.05) is 18.6 Å². The van der Waals surface area contributed by atoms with Gasteiger partial charge in [0.2, 0.25) is 0 Å². The highest BCUT2D eigenvalue weighted by Gasteiger charge is 2.07. The molecule has 0 bridgehead atoms. The standard InChI is InChI=1S/C8H15NO3/c1-2-8(11)12-6-7(5-10)3-4-9/h2,7,10H,1,3-6,9H2. The van der Waals surface area contributed by atoms with Gasteiger partial charge in [0.1, 0.15) is 0 Å². The molecule has 70 valence electrons. The quantitative estimate of drug-likeness (QED) is 0.426. The van der Waals surface area contributed by atoms with Crippen LogP contribution in [0.5, 0.6) is 0 Å². The van der Waals surface area contributed by atoms with Crippen LogP contribution in [-0.4, -0.2) is 30.8 Å². The predicted octanol–water partition coefficient (Wildman–Crippen LogP) is -0.327. The lowest BCUT2D eigenvalue weighted by Gasteiger charge is -2.11. The summed E-state index contributed by atoms with van der Waals surface area (Å²) in [5, 5.41) is 8.77. The van der Waals surface area contributed by atoms with Crippen molar-refractivity contribution in [3.05, 3.63) is 12.7 Å². The molecule has 0 saturated carbocycles. The van der Waals surface area contributed by atoms with Crippen molar-refractivity contribution in [2.75, 3.05) is 19.8 Å². The van der Waals surface area contributed by atoms with E-state index >= 15 is 0 Å². The van der Waals surface area contributed by atoms with Crippen LogP contribution in [0.4, 0.5) is 0 Å². The van der Waals surface area contributed by atoms with Crippen LogP contribution in [0.1, 0.15) is 6.42 Å². The van der Waals surface area contributed by atoms with Crippen molar-refractivity contribution in [3.8, 4) is 0 Å². The first kappa shape index (κ1) is 11.1. The van der Waals surface area contributed by atoms with Gasteiger partial charge in [-0.05, 0) is 13.0 Å². The smallest absolute Gasteiger partial charge is 0.330 e. The number of rotatable bonds is 6. The van der Waals surface area contributed by atoms with E-state index in [1.807, 2.05) is 0 Å². The van der Waals surface area contributed by atoms with Gasteiger partial charge in [0.25, 0.3) is 0 Å². The second-order valence-corrected chi connectivity index (χ2v) is 2.46. The molecule has 4 heteroatoms. The minimum absolute atomic E-state index is 0.0123. The largest absolute Gasteiger partial charge is 0.462 e. The summed E-state index contributed by atoms with van der Waals surface area (Å²) < 4.78 is 4.72. The van der Waals surface area contributed by atoms with Gasteiger partial charge in [-0.3, -0.25) is 0 Å². The summed E-state index contributed by atoms with van der Waals surface area (Å²) in [6.45, 7) is 3.93. The monoisotopic (exact) mass is 173 g/mol. The zero-order valence-corrected chi connectivity index (χ0v) is 7.03. The lowest BCUT2D eigenvalue weighted by Crippen LogP contribution is -2.19. The first-order chi connectivity index (χ1) is 5.74. The van der Waals surface area contributed by atoms with Gasteiger partial charge in [0.15, 0.2) is 0 Å².